The van der Waals surface area contributed by atoms with Gasteiger partial charge in [0.2, 0.25) is 0 Å². The van der Waals surface area contributed by atoms with Gasteiger partial charge in [-0.3, -0.25) is 4.79 Å². The highest BCUT2D eigenvalue weighted by Crippen LogP contribution is 2.22. The van der Waals surface area contributed by atoms with Crippen LogP contribution in [0.1, 0.15) is 13.3 Å². The van der Waals surface area contributed by atoms with Crippen LogP contribution in [0.15, 0.2) is 0 Å². The summed E-state index contributed by atoms with van der Waals surface area (Å²) >= 11 is 1.85. The van der Waals surface area contributed by atoms with Crippen molar-refractivity contribution in [3.8, 4) is 0 Å². The molecule has 0 bridgehead atoms. The Balaban J connectivity index is 2.47. The Morgan fingerprint density at radius 3 is 2.59 bits per heavy atom. The number of carbonyl (C=O) groups excluding carboxylic acids is 1. The lowest BCUT2D eigenvalue weighted by atomic mass is 10.2. The smallest absolute Gasteiger partial charge is 0.319 e. The van der Waals surface area contributed by atoms with Gasteiger partial charge in [-0.1, -0.05) is 6.92 Å². The molecule has 1 aliphatic rings. The maximum Gasteiger partial charge on any atom is 0.319 e. The van der Waals surface area contributed by atoms with Gasteiger partial charge in [-0.05, 0) is 12.2 Å². The van der Waals surface area contributed by atoms with Crippen molar-refractivity contribution in [2.24, 2.45) is 5.92 Å². The Morgan fingerprint density at radius 1 is 1.47 bits per heavy atom. The molecular weight excluding hydrogens is 240 g/mol. The van der Waals surface area contributed by atoms with Crippen LogP contribution in [0.5, 0.6) is 0 Å². The Morgan fingerprint density at radius 2 is 2.12 bits per heavy atom. The van der Waals surface area contributed by atoms with Crippen molar-refractivity contribution in [1.82, 2.24) is 9.80 Å². The molecule has 98 valence electrons. The zero-order valence-corrected chi connectivity index (χ0v) is 11.4. The Bertz CT molecular complexity index is 292. The van der Waals surface area contributed by atoms with Gasteiger partial charge in [-0.2, -0.15) is 11.8 Å². The van der Waals surface area contributed by atoms with E-state index < -0.39 is 11.9 Å². The van der Waals surface area contributed by atoms with Crippen molar-refractivity contribution < 1.29 is 14.7 Å². The molecule has 0 aromatic carbocycles. The van der Waals surface area contributed by atoms with Gasteiger partial charge in [-0.25, -0.2) is 4.79 Å². The molecule has 2 amide bonds. The molecule has 1 N–H and O–H groups in total. The van der Waals surface area contributed by atoms with E-state index in [1.54, 1.807) is 25.9 Å². The number of carboxylic acids is 1. The van der Waals surface area contributed by atoms with Crippen molar-refractivity contribution in [2.75, 3.05) is 32.1 Å². The summed E-state index contributed by atoms with van der Waals surface area (Å²) in [4.78, 5) is 26.0. The predicted molar refractivity (Wildman–Crippen MR) is 68.3 cm³/mol. The summed E-state index contributed by atoms with van der Waals surface area (Å²) in [6.45, 7) is 1.86. The highest BCUT2D eigenvalue weighted by molar-refractivity contribution is 7.99. The fourth-order valence-corrected chi connectivity index (χ4v) is 3.09. The van der Waals surface area contributed by atoms with Crippen molar-refractivity contribution in [2.45, 2.75) is 19.4 Å². The third-order valence-corrected chi connectivity index (χ3v) is 4.20. The molecule has 2 unspecified atom stereocenters. The number of nitrogens with zero attached hydrogens (tertiary/aromatic N) is 2. The number of amides is 2. The van der Waals surface area contributed by atoms with Crippen LogP contribution in [0, 0.1) is 5.92 Å². The van der Waals surface area contributed by atoms with Gasteiger partial charge in [0, 0.05) is 32.4 Å². The summed E-state index contributed by atoms with van der Waals surface area (Å²) in [5.41, 5.74) is 0. The molecule has 1 fully saturated rings. The number of hydrogen-bond donors (Lipinski definition) is 1. The highest BCUT2D eigenvalue weighted by Gasteiger charge is 2.27. The molecule has 2 atom stereocenters. The van der Waals surface area contributed by atoms with Crippen molar-refractivity contribution in [3.63, 3.8) is 0 Å². The maximum atomic E-state index is 12.0. The first kappa shape index (κ1) is 14.2. The van der Waals surface area contributed by atoms with Gasteiger partial charge in [0.1, 0.15) is 0 Å². The molecule has 6 heteroatoms. The molecule has 1 rings (SSSR count). The zero-order chi connectivity index (χ0) is 13.0. The minimum absolute atomic E-state index is 0.0920. The molecule has 1 saturated heterocycles. The van der Waals surface area contributed by atoms with Crippen molar-refractivity contribution >= 4 is 23.8 Å². The number of urea groups is 1. The van der Waals surface area contributed by atoms with Crippen LogP contribution in [0.4, 0.5) is 4.79 Å². The number of rotatable bonds is 4. The van der Waals surface area contributed by atoms with E-state index in [1.807, 2.05) is 11.8 Å². The van der Waals surface area contributed by atoms with Gasteiger partial charge in [0.25, 0.3) is 0 Å². The van der Waals surface area contributed by atoms with E-state index in [2.05, 4.69) is 0 Å². The summed E-state index contributed by atoms with van der Waals surface area (Å²) in [7, 11) is 3.45. The standard InChI is InChI=1S/C11H20N2O3S/c1-8(10(14)15)6-12(2)11(16)13(3)9-4-5-17-7-9/h8-9H,4-7H2,1-3H3,(H,14,15). The number of carboxylic acid groups (broad SMARTS) is 1. The fourth-order valence-electron chi connectivity index (χ4n) is 1.82. The zero-order valence-electron chi connectivity index (χ0n) is 10.5. The minimum Gasteiger partial charge on any atom is -0.481 e. The molecule has 17 heavy (non-hydrogen) atoms. The summed E-state index contributed by atoms with van der Waals surface area (Å²) in [6.07, 6.45) is 1.02. The molecular formula is C11H20N2O3S. The molecule has 1 aliphatic heterocycles. The molecule has 0 spiro atoms. The molecule has 1 heterocycles. The largest absolute Gasteiger partial charge is 0.481 e. The second kappa shape index (κ2) is 6.14. The Kier molecular flexibility index (Phi) is 5.11. The maximum absolute atomic E-state index is 12.0. The SMILES string of the molecule is CC(CN(C)C(=O)N(C)C1CCSC1)C(=O)O. The lowest BCUT2D eigenvalue weighted by Crippen LogP contribution is -2.46. The molecule has 0 aromatic rings. The summed E-state index contributed by atoms with van der Waals surface area (Å²) in [5.74, 6) is 0.668. The fraction of sp³-hybridized carbons (Fsp3) is 0.818. The van der Waals surface area contributed by atoms with Crippen molar-refractivity contribution in [1.29, 1.82) is 0 Å². The van der Waals surface area contributed by atoms with Crippen LogP contribution >= 0.6 is 11.8 Å². The van der Waals surface area contributed by atoms with Gasteiger partial charge < -0.3 is 14.9 Å². The molecule has 0 aromatic heterocycles. The van der Waals surface area contributed by atoms with E-state index in [9.17, 15) is 9.59 Å². The molecule has 0 saturated carbocycles. The molecule has 0 aliphatic carbocycles. The van der Waals surface area contributed by atoms with Crippen LogP contribution < -0.4 is 0 Å². The van der Waals surface area contributed by atoms with E-state index >= 15 is 0 Å². The van der Waals surface area contributed by atoms with E-state index in [1.165, 1.54) is 4.90 Å². The van der Waals surface area contributed by atoms with E-state index in [0.29, 0.717) is 0 Å². The lowest BCUT2D eigenvalue weighted by molar-refractivity contribution is -0.141. The van der Waals surface area contributed by atoms with Crippen LogP contribution in [0.3, 0.4) is 0 Å². The predicted octanol–water partition coefficient (Wildman–Crippen LogP) is 1.20. The van der Waals surface area contributed by atoms with Crippen LogP contribution in [0.25, 0.3) is 0 Å². The third-order valence-electron chi connectivity index (χ3n) is 3.05. The summed E-state index contributed by atoms with van der Waals surface area (Å²) < 4.78 is 0. The lowest BCUT2D eigenvalue weighted by Gasteiger charge is -2.29. The second-order valence-electron chi connectivity index (χ2n) is 4.53. The first-order chi connectivity index (χ1) is 7.93. The number of aliphatic carboxylic acids is 1. The van der Waals surface area contributed by atoms with Gasteiger partial charge in [0.15, 0.2) is 0 Å². The van der Waals surface area contributed by atoms with E-state index in [-0.39, 0.29) is 18.6 Å². The number of carbonyl (C=O) groups is 2. The normalized spacial score (nSPS) is 21.0. The Labute approximate surface area is 106 Å². The molecule has 5 nitrogen and oxygen atoms in total. The van der Waals surface area contributed by atoms with Crippen LogP contribution in [-0.2, 0) is 4.79 Å². The first-order valence-corrected chi connectivity index (χ1v) is 6.87. The summed E-state index contributed by atoms with van der Waals surface area (Å²) in [6, 6.07) is 0.195. The van der Waals surface area contributed by atoms with E-state index in [4.69, 9.17) is 5.11 Å². The second-order valence-corrected chi connectivity index (χ2v) is 5.68. The topological polar surface area (TPSA) is 60.9 Å². The average Bonchev–Trinajstić information content (AvgIpc) is 2.80. The molecule has 0 radical (unpaired) electrons. The monoisotopic (exact) mass is 260 g/mol. The first-order valence-electron chi connectivity index (χ1n) is 5.72. The minimum atomic E-state index is -0.872. The van der Waals surface area contributed by atoms with Crippen LogP contribution in [-0.4, -0.2) is 65.1 Å². The number of hydrogen-bond acceptors (Lipinski definition) is 3. The average molecular weight is 260 g/mol. The quantitative estimate of drug-likeness (QED) is 0.825. The highest BCUT2D eigenvalue weighted by atomic mass is 32.2. The van der Waals surface area contributed by atoms with Gasteiger partial charge >= 0.3 is 12.0 Å². The Hall–Kier alpha value is -0.910. The third kappa shape index (κ3) is 3.80. The summed E-state index contributed by atoms with van der Waals surface area (Å²) in [5, 5.41) is 8.81. The van der Waals surface area contributed by atoms with E-state index in [0.717, 1.165) is 17.9 Å². The number of thioether (sulfide) groups is 1. The van der Waals surface area contributed by atoms with Crippen LogP contribution in [0.2, 0.25) is 0 Å². The van der Waals surface area contributed by atoms with Crippen molar-refractivity contribution in [3.05, 3.63) is 0 Å². The van der Waals surface area contributed by atoms with Gasteiger partial charge in [0.05, 0.1) is 5.92 Å². The van der Waals surface area contributed by atoms with Gasteiger partial charge in [-0.15, -0.1) is 0 Å².